The Bertz CT molecular complexity index is 488. The first-order chi connectivity index (χ1) is 8.15. The van der Waals surface area contributed by atoms with Gasteiger partial charge in [-0.05, 0) is 35.3 Å². The van der Waals surface area contributed by atoms with Crippen LogP contribution in [0, 0.1) is 17.4 Å². The predicted molar refractivity (Wildman–Crippen MR) is 67.4 cm³/mol. The highest BCUT2D eigenvalue weighted by Crippen LogP contribution is 2.47. The second-order valence-electron chi connectivity index (χ2n) is 5.79. The summed E-state index contributed by atoms with van der Waals surface area (Å²) in [6, 6.07) is 9.19. The largest absolute Gasteiger partial charge is 0.307 e. The lowest BCUT2D eigenvalue weighted by Crippen LogP contribution is -2.54. The lowest BCUT2D eigenvalue weighted by atomic mass is 9.60. The van der Waals surface area contributed by atoms with Gasteiger partial charge in [-0.1, -0.05) is 38.1 Å². The van der Waals surface area contributed by atoms with E-state index < -0.39 is 0 Å². The van der Waals surface area contributed by atoms with Gasteiger partial charge in [0.2, 0.25) is 0 Å². The Balaban J connectivity index is 2.12. The Kier molecular flexibility index (Phi) is 2.19. The minimum atomic E-state index is 0.257. The average Bonchev–Trinajstić information content (AvgIpc) is 2.34. The van der Waals surface area contributed by atoms with Crippen molar-refractivity contribution in [3.63, 3.8) is 0 Å². The Morgan fingerprint density at radius 2 is 2.18 bits per heavy atom. The first kappa shape index (κ1) is 10.7. The van der Waals surface area contributed by atoms with Crippen molar-refractivity contribution >= 4 is 0 Å². The molecule has 0 radical (unpaired) electrons. The summed E-state index contributed by atoms with van der Waals surface area (Å²) in [5.41, 5.74) is 3.21. The normalized spacial score (nSPS) is 35.0. The molecule has 2 heteroatoms. The molecule has 2 aliphatic rings. The Morgan fingerprint density at radius 1 is 1.41 bits per heavy atom. The monoisotopic (exact) mass is 226 g/mol. The lowest BCUT2D eigenvalue weighted by molar-refractivity contribution is 0.0860. The summed E-state index contributed by atoms with van der Waals surface area (Å²) in [4.78, 5) is 1.99. The second-order valence-corrected chi connectivity index (χ2v) is 5.79. The van der Waals surface area contributed by atoms with E-state index in [0.717, 1.165) is 19.4 Å². The molecule has 2 nitrogen and oxygen atoms in total. The number of piperidine rings is 1. The number of nitriles is 1. The van der Waals surface area contributed by atoms with Gasteiger partial charge in [0.25, 0.3) is 0 Å². The van der Waals surface area contributed by atoms with Crippen LogP contribution in [0.5, 0.6) is 0 Å². The summed E-state index contributed by atoms with van der Waals surface area (Å²) in [5.74, 6) is 0.542. The van der Waals surface area contributed by atoms with Gasteiger partial charge in [-0.25, -0.2) is 0 Å². The van der Waals surface area contributed by atoms with Gasteiger partial charge in [0, 0.05) is 12.6 Å². The van der Waals surface area contributed by atoms with Gasteiger partial charge in [-0.15, -0.1) is 0 Å². The van der Waals surface area contributed by atoms with Crippen molar-refractivity contribution in [2.24, 2.45) is 5.92 Å². The summed E-state index contributed by atoms with van der Waals surface area (Å²) >= 11 is 0. The van der Waals surface area contributed by atoms with Crippen molar-refractivity contribution in [3.05, 3.63) is 35.4 Å². The molecule has 1 saturated heterocycles. The zero-order valence-corrected chi connectivity index (χ0v) is 10.5. The molecule has 3 rings (SSSR count). The van der Waals surface area contributed by atoms with Gasteiger partial charge >= 0.3 is 0 Å². The van der Waals surface area contributed by atoms with Crippen LogP contribution < -0.4 is 0 Å². The molecule has 88 valence electrons. The van der Waals surface area contributed by atoms with E-state index in [1.807, 2.05) is 4.90 Å². The van der Waals surface area contributed by atoms with E-state index in [1.54, 1.807) is 0 Å². The standard InChI is InChI=1S/C15H18N2/c1-11-9-17(10-16)13-7-12-5-3-4-6-14(12)15(11,2)8-13/h3-6,11,13H,7-9H2,1-2H3. The molecule has 1 aromatic carbocycles. The molecule has 3 unspecified atom stereocenters. The van der Waals surface area contributed by atoms with Crippen molar-refractivity contribution in [1.29, 1.82) is 5.26 Å². The van der Waals surface area contributed by atoms with E-state index in [4.69, 9.17) is 0 Å². The molecule has 0 amide bonds. The highest BCUT2D eigenvalue weighted by molar-refractivity contribution is 5.39. The van der Waals surface area contributed by atoms with Crippen LogP contribution in [0.4, 0.5) is 0 Å². The molecular weight excluding hydrogens is 208 g/mol. The number of hydrogen-bond donors (Lipinski definition) is 0. The number of fused-ring (bicyclic) bond motifs is 4. The Hall–Kier alpha value is -1.49. The fraction of sp³-hybridized carbons (Fsp3) is 0.533. The van der Waals surface area contributed by atoms with Gasteiger partial charge in [0.1, 0.15) is 0 Å². The third kappa shape index (κ3) is 1.38. The van der Waals surface area contributed by atoms with Crippen molar-refractivity contribution in [3.8, 4) is 6.19 Å². The molecule has 1 heterocycles. The van der Waals surface area contributed by atoms with Gasteiger partial charge in [-0.3, -0.25) is 0 Å². The van der Waals surface area contributed by atoms with Gasteiger partial charge in [0.05, 0.1) is 0 Å². The van der Waals surface area contributed by atoms with Crippen molar-refractivity contribution < 1.29 is 0 Å². The molecule has 1 aliphatic heterocycles. The van der Waals surface area contributed by atoms with E-state index in [9.17, 15) is 5.26 Å². The average molecular weight is 226 g/mol. The molecule has 0 N–H and O–H groups in total. The summed E-state index contributed by atoms with van der Waals surface area (Å²) < 4.78 is 0. The van der Waals surface area contributed by atoms with E-state index in [2.05, 4.69) is 44.3 Å². The highest BCUT2D eigenvalue weighted by atomic mass is 15.2. The minimum Gasteiger partial charge on any atom is -0.307 e. The van der Waals surface area contributed by atoms with Crippen LogP contribution in [0.1, 0.15) is 31.4 Å². The topological polar surface area (TPSA) is 27.0 Å². The molecule has 2 bridgehead atoms. The number of rotatable bonds is 0. The number of likely N-dealkylation sites (tertiary alicyclic amines) is 1. The maximum Gasteiger partial charge on any atom is 0.179 e. The molecule has 1 fully saturated rings. The molecule has 1 aliphatic carbocycles. The fourth-order valence-electron chi connectivity index (χ4n) is 3.64. The quantitative estimate of drug-likeness (QED) is 0.636. The first-order valence-corrected chi connectivity index (χ1v) is 6.40. The third-order valence-electron chi connectivity index (χ3n) is 4.88. The zero-order valence-electron chi connectivity index (χ0n) is 10.5. The second kappa shape index (κ2) is 3.50. The van der Waals surface area contributed by atoms with Gasteiger partial charge < -0.3 is 4.90 Å². The number of hydrogen-bond acceptors (Lipinski definition) is 2. The third-order valence-corrected chi connectivity index (χ3v) is 4.88. The first-order valence-electron chi connectivity index (χ1n) is 6.40. The van der Waals surface area contributed by atoms with Gasteiger partial charge in [-0.2, -0.15) is 5.26 Å². The summed E-state index contributed by atoms with van der Waals surface area (Å²) in [6.07, 6.45) is 4.53. The summed E-state index contributed by atoms with van der Waals surface area (Å²) in [7, 11) is 0. The zero-order chi connectivity index (χ0) is 12.0. The molecule has 17 heavy (non-hydrogen) atoms. The molecule has 1 aromatic rings. The van der Waals surface area contributed by atoms with Crippen LogP contribution in [-0.4, -0.2) is 17.5 Å². The van der Waals surface area contributed by atoms with Crippen molar-refractivity contribution in [2.45, 2.75) is 38.1 Å². The maximum absolute atomic E-state index is 9.23. The van der Waals surface area contributed by atoms with Crippen LogP contribution in [0.15, 0.2) is 24.3 Å². The van der Waals surface area contributed by atoms with Crippen LogP contribution in [0.2, 0.25) is 0 Å². The fourth-order valence-corrected chi connectivity index (χ4v) is 3.64. The van der Waals surface area contributed by atoms with E-state index in [1.165, 1.54) is 11.1 Å². The van der Waals surface area contributed by atoms with Crippen LogP contribution in [-0.2, 0) is 11.8 Å². The van der Waals surface area contributed by atoms with E-state index >= 15 is 0 Å². The summed E-state index contributed by atoms with van der Waals surface area (Å²) in [6.45, 7) is 5.56. The highest BCUT2D eigenvalue weighted by Gasteiger charge is 2.46. The van der Waals surface area contributed by atoms with E-state index in [0.29, 0.717) is 12.0 Å². The molecule has 0 saturated carbocycles. The molecule has 0 aromatic heterocycles. The van der Waals surface area contributed by atoms with E-state index in [-0.39, 0.29) is 5.41 Å². The summed E-state index contributed by atoms with van der Waals surface area (Å²) in [5, 5.41) is 9.23. The number of benzene rings is 1. The van der Waals surface area contributed by atoms with Crippen LogP contribution in [0.25, 0.3) is 0 Å². The van der Waals surface area contributed by atoms with Crippen molar-refractivity contribution in [2.75, 3.05) is 6.54 Å². The molecular formula is C15H18N2. The smallest absolute Gasteiger partial charge is 0.179 e. The van der Waals surface area contributed by atoms with Gasteiger partial charge in [0.15, 0.2) is 6.19 Å². The Morgan fingerprint density at radius 3 is 2.94 bits per heavy atom. The molecule has 0 spiro atoms. The SMILES string of the molecule is CC1CN(C#N)C2Cc3ccccc3C1(C)C2. The van der Waals surface area contributed by atoms with Crippen LogP contribution >= 0.6 is 0 Å². The van der Waals surface area contributed by atoms with Crippen LogP contribution in [0.3, 0.4) is 0 Å². The number of nitrogens with zero attached hydrogens (tertiary/aromatic N) is 2. The predicted octanol–water partition coefficient (Wildman–Crippen LogP) is 2.69. The molecule has 3 atom stereocenters. The minimum absolute atomic E-state index is 0.257. The Labute approximate surface area is 103 Å². The maximum atomic E-state index is 9.23. The lowest BCUT2D eigenvalue weighted by Gasteiger charge is -2.51. The van der Waals surface area contributed by atoms with Crippen molar-refractivity contribution in [1.82, 2.24) is 4.90 Å².